The molecule has 0 bridgehead atoms. The Labute approximate surface area is 119 Å². The first-order chi connectivity index (χ1) is 9.74. The van der Waals surface area contributed by atoms with Crippen LogP contribution >= 0.6 is 11.6 Å². The van der Waals surface area contributed by atoms with E-state index in [4.69, 9.17) is 17.3 Å². The van der Waals surface area contributed by atoms with Gasteiger partial charge in [0.25, 0.3) is 0 Å². The number of hydrogen-bond donors (Lipinski definition) is 2. The van der Waals surface area contributed by atoms with Crippen LogP contribution in [0.15, 0.2) is 42.9 Å². The minimum absolute atomic E-state index is 0.228. The molecule has 0 unspecified atom stereocenters. The van der Waals surface area contributed by atoms with Gasteiger partial charge < -0.3 is 11.1 Å². The standard InChI is InChI=1S/C12H10ClN7/c13-8-4-6-15-7-9(8)17-12-18-11(14)20(19-12)10-3-1-2-5-16-10/h1-7H,(H3,14,17,18,19). The Kier molecular flexibility index (Phi) is 3.18. The van der Waals surface area contributed by atoms with Crippen molar-refractivity contribution in [2.45, 2.75) is 0 Å². The molecule has 0 radical (unpaired) electrons. The monoisotopic (exact) mass is 287 g/mol. The van der Waals surface area contributed by atoms with E-state index in [1.807, 2.05) is 12.1 Å². The van der Waals surface area contributed by atoms with E-state index in [1.54, 1.807) is 30.7 Å². The van der Waals surface area contributed by atoms with E-state index < -0.39 is 0 Å². The first-order valence-electron chi connectivity index (χ1n) is 5.74. The Balaban J connectivity index is 1.92. The van der Waals surface area contributed by atoms with Crippen molar-refractivity contribution in [1.82, 2.24) is 24.7 Å². The van der Waals surface area contributed by atoms with Gasteiger partial charge in [0.1, 0.15) is 0 Å². The lowest BCUT2D eigenvalue weighted by molar-refractivity contribution is 0.859. The molecule has 0 atom stereocenters. The summed E-state index contributed by atoms with van der Waals surface area (Å²) in [6, 6.07) is 7.11. The molecule has 7 nitrogen and oxygen atoms in total. The van der Waals surface area contributed by atoms with Crippen molar-refractivity contribution in [3.63, 3.8) is 0 Å². The summed E-state index contributed by atoms with van der Waals surface area (Å²) < 4.78 is 1.44. The van der Waals surface area contributed by atoms with Gasteiger partial charge in [-0.05, 0) is 18.2 Å². The number of hydrogen-bond acceptors (Lipinski definition) is 6. The van der Waals surface area contributed by atoms with Crippen LogP contribution in [0.3, 0.4) is 0 Å². The Bertz CT molecular complexity index is 726. The van der Waals surface area contributed by atoms with Crippen molar-refractivity contribution in [3.8, 4) is 5.82 Å². The topological polar surface area (TPSA) is 94.5 Å². The number of halogens is 1. The van der Waals surface area contributed by atoms with Crippen LogP contribution in [0.1, 0.15) is 0 Å². The van der Waals surface area contributed by atoms with E-state index in [2.05, 4.69) is 25.4 Å². The first-order valence-corrected chi connectivity index (χ1v) is 6.12. The normalized spacial score (nSPS) is 10.4. The van der Waals surface area contributed by atoms with Crippen LogP contribution in [0.4, 0.5) is 17.6 Å². The van der Waals surface area contributed by atoms with Crippen molar-refractivity contribution < 1.29 is 0 Å². The van der Waals surface area contributed by atoms with E-state index in [-0.39, 0.29) is 5.95 Å². The molecule has 3 heterocycles. The molecule has 0 aromatic carbocycles. The smallest absolute Gasteiger partial charge is 0.248 e. The van der Waals surface area contributed by atoms with Crippen LogP contribution in [-0.4, -0.2) is 24.7 Å². The van der Waals surface area contributed by atoms with Crippen molar-refractivity contribution in [3.05, 3.63) is 47.9 Å². The number of nitrogens with zero attached hydrogens (tertiary/aromatic N) is 5. The third-order valence-electron chi connectivity index (χ3n) is 2.51. The lowest BCUT2D eigenvalue weighted by Gasteiger charge is -2.02. The summed E-state index contributed by atoms with van der Waals surface area (Å²) in [6.45, 7) is 0. The van der Waals surface area contributed by atoms with Gasteiger partial charge in [0.05, 0.1) is 16.9 Å². The average Bonchev–Trinajstić information content (AvgIpc) is 2.83. The fraction of sp³-hybridized carbons (Fsp3) is 0. The molecular formula is C12H10ClN7. The molecule has 0 spiro atoms. The summed E-state index contributed by atoms with van der Waals surface area (Å²) in [5.74, 6) is 1.14. The van der Waals surface area contributed by atoms with E-state index in [1.165, 1.54) is 4.68 Å². The SMILES string of the molecule is Nc1nc(Nc2cnccc2Cl)nn1-c1ccccn1. The van der Waals surface area contributed by atoms with Crippen LogP contribution in [0.5, 0.6) is 0 Å². The van der Waals surface area contributed by atoms with Gasteiger partial charge in [-0.15, -0.1) is 5.10 Å². The number of anilines is 3. The van der Waals surface area contributed by atoms with Crippen LogP contribution in [0.25, 0.3) is 5.82 Å². The van der Waals surface area contributed by atoms with Gasteiger partial charge in [-0.3, -0.25) is 4.98 Å². The van der Waals surface area contributed by atoms with E-state index in [0.717, 1.165) is 0 Å². The highest BCUT2D eigenvalue weighted by atomic mass is 35.5. The molecule has 8 heteroatoms. The minimum Gasteiger partial charge on any atom is -0.368 e. The maximum atomic E-state index is 6.03. The van der Waals surface area contributed by atoms with Crippen molar-refractivity contribution in [1.29, 1.82) is 0 Å². The molecule has 3 aromatic heterocycles. The minimum atomic E-state index is 0.228. The molecular weight excluding hydrogens is 278 g/mol. The number of pyridine rings is 2. The molecule has 0 aliphatic heterocycles. The maximum absolute atomic E-state index is 6.03. The number of nitrogen functional groups attached to an aromatic ring is 1. The number of nitrogens with one attached hydrogen (secondary N) is 1. The van der Waals surface area contributed by atoms with Gasteiger partial charge in [-0.2, -0.15) is 9.67 Å². The Hall–Kier alpha value is -2.67. The zero-order valence-electron chi connectivity index (χ0n) is 10.2. The number of nitrogens with two attached hydrogens (primary N) is 1. The van der Waals surface area contributed by atoms with Crippen molar-refractivity contribution in [2.75, 3.05) is 11.1 Å². The maximum Gasteiger partial charge on any atom is 0.248 e. The largest absolute Gasteiger partial charge is 0.368 e. The van der Waals surface area contributed by atoms with Gasteiger partial charge in [0.15, 0.2) is 5.82 Å². The summed E-state index contributed by atoms with van der Waals surface area (Å²) in [6.07, 6.45) is 4.84. The van der Waals surface area contributed by atoms with Crippen LogP contribution in [-0.2, 0) is 0 Å². The highest BCUT2D eigenvalue weighted by molar-refractivity contribution is 6.33. The lowest BCUT2D eigenvalue weighted by atomic mass is 10.4. The predicted molar refractivity (Wildman–Crippen MR) is 76.1 cm³/mol. The highest BCUT2D eigenvalue weighted by Crippen LogP contribution is 2.23. The second-order valence-electron chi connectivity index (χ2n) is 3.87. The fourth-order valence-electron chi connectivity index (χ4n) is 1.61. The molecule has 3 aromatic rings. The average molecular weight is 288 g/mol. The second-order valence-corrected chi connectivity index (χ2v) is 4.28. The third kappa shape index (κ3) is 2.39. The number of aromatic nitrogens is 5. The van der Waals surface area contributed by atoms with Crippen LogP contribution in [0.2, 0.25) is 5.02 Å². The van der Waals surface area contributed by atoms with E-state index >= 15 is 0 Å². The summed E-state index contributed by atoms with van der Waals surface area (Å²) >= 11 is 6.03. The molecule has 3 rings (SSSR count). The van der Waals surface area contributed by atoms with Gasteiger partial charge in [-0.1, -0.05) is 17.7 Å². The highest BCUT2D eigenvalue weighted by Gasteiger charge is 2.10. The molecule has 0 saturated carbocycles. The third-order valence-corrected chi connectivity index (χ3v) is 2.84. The van der Waals surface area contributed by atoms with Crippen LogP contribution < -0.4 is 11.1 Å². The van der Waals surface area contributed by atoms with Crippen molar-refractivity contribution in [2.24, 2.45) is 0 Å². The fourth-order valence-corrected chi connectivity index (χ4v) is 1.77. The molecule has 100 valence electrons. The molecule has 0 aliphatic carbocycles. The summed E-state index contributed by atoms with van der Waals surface area (Å²) in [7, 11) is 0. The Morgan fingerprint density at radius 3 is 2.85 bits per heavy atom. The second kappa shape index (κ2) is 5.14. The zero-order chi connectivity index (χ0) is 13.9. The Morgan fingerprint density at radius 2 is 2.10 bits per heavy atom. The molecule has 0 fully saturated rings. The van der Waals surface area contributed by atoms with Gasteiger partial charge in [0.2, 0.25) is 11.9 Å². The van der Waals surface area contributed by atoms with Gasteiger partial charge in [-0.25, -0.2) is 4.98 Å². The lowest BCUT2D eigenvalue weighted by Crippen LogP contribution is -2.04. The van der Waals surface area contributed by atoms with Crippen molar-refractivity contribution >= 4 is 29.2 Å². The van der Waals surface area contributed by atoms with E-state index in [0.29, 0.717) is 22.5 Å². The summed E-state index contributed by atoms with van der Waals surface area (Å²) in [5, 5.41) is 7.72. The summed E-state index contributed by atoms with van der Waals surface area (Å²) in [4.78, 5) is 12.3. The molecule has 20 heavy (non-hydrogen) atoms. The van der Waals surface area contributed by atoms with Gasteiger partial charge in [0, 0.05) is 12.4 Å². The number of rotatable bonds is 3. The first kappa shape index (κ1) is 12.4. The molecule has 0 saturated heterocycles. The van der Waals surface area contributed by atoms with Gasteiger partial charge >= 0.3 is 0 Å². The van der Waals surface area contributed by atoms with E-state index in [9.17, 15) is 0 Å². The summed E-state index contributed by atoms with van der Waals surface area (Å²) in [5.41, 5.74) is 6.43. The molecule has 0 amide bonds. The van der Waals surface area contributed by atoms with Crippen LogP contribution in [0, 0.1) is 0 Å². The molecule has 0 aliphatic rings. The Morgan fingerprint density at radius 1 is 1.20 bits per heavy atom. The zero-order valence-corrected chi connectivity index (χ0v) is 11.0. The quantitative estimate of drug-likeness (QED) is 0.765. The molecule has 3 N–H and O–H groups in total. The predicted octanol–water partition coefficient (Wildman–Crippen LogP) is 2.04.